The van der Waals surface area contributed by atoms with Gasteiger partial charge >= 0.3 is 0 Å². The normalized spacial score (nSPS) is 8.67. The molecule has 0 aliphatic heterocycles. The van der Waals surface area contributed by atoms with Crippen LogP contribution in [0.15, 0.2) is 24.3 Å². The zero-order valence-corrected chi connectivity index (χ0v) is 8.99. The summed E-state index contributed by atoms with van der Waals surface area (Å²) >= 11 is 0. The Hall–Kier alpha value is -1.84. The van der Waals surface area contributed by atoms with Crippen molar-refractivity contribution in [1.29, 1.82) is 0 Å². The molecular formula is C11H16N2O2. The van der Waals surface area contributed by atoms with Crippen molar-refractivity contribution in [3.05, 3.63) is 24.3 Å². The largest absolute Gasteiger partial charge is 0.397 e. The molecule has 0 bridgehead atoms. The SMILES string of the molecule is CC(=O)CC(C)=O.Nc1ccccc1N. The van der Waals surface area contributed by atoms with Crippen LogP contribution in [0.1, 0.15) is 20.3 Å². The molecule has 0 fully saturated rings. The van der Waals surface area contributed by atoms with E-state index in [0.717, 1.165) is 0 Å². The number of carbonyl (C=O) groups is 2. The Morgan fingerprint density at radius 1 is 1.00 bits per heavy atom. The topological polar surface area (TPSA) is 86.2 Å². The molecule has 1 aromatic rings. The summed E-state index contributed by atoms with van der Waals surface area (Å²) < 4.78 is 0. The van der Waals surface area contributed by atoms with Gasteiger partial charge in [0.1, 0.15) is 11.6 Å². The summed E-state index contributed by atoms with van der Waals surface area (Å²) in [6.07, 6.45) is 0.0833. The first-order valence-corrected chi connectivity index (χ1v) is 4.52. The monoisotopic (exact) mass is 208 g/mol. The predicted octanol–water partition coefficient (Wildman–Crippen LogP) is 1.41. The average Bonchev–Trinajstić information content (AvgIpc) is 2.08. The van der Waals surface area contributed by atoms with Gasteiger partial charge in [0.25, 0.3) is 0 Å². The van der Waals surface area contributed by atoms with Gasteiger partial charge in [0.2, 0.25) is 0 Å². The third kappa shape index (κ3) is 7.25. The minimum atomic E-state index is -0.0625. The summed E-state index contributed by atoms with van der Waals surface area (Å²) in [5.41, 5.74) is 12.1. The van der Waals surface area contributed by atoms with Crippen LogP contribution in [0.4, 0.5) is 11.4 Å². The average molecular weight is 208 g/mol. The summed E-state index contributed by atoms with van der Waals surface area (Å²) in [6.45, 7) is 2.81. The molecule has 0 saturated carbocycles. The molecule has 1 aromatic carbocycles. The fraction of sp³-hybridized carbons (Fsp3) is 0.273. The van der Waals surface area contributed by atoms with E-state index >= 15 is 0 Å². The van der Waals surface area contributed by atoms with Crippen molar-refractivity contribution >= 4 is 22.9 Å². The molecular weight excluding hydrogens is 192 g/mol. The first-order chi connectivity index (χ1) is 6.93. The molecule has 1 rings (SSSR count). The number of carbonyl (C=O) groups excluding carboxylic acids is 2. The molecule has 15 heavy (non-hydrogen) atoms. The number of rotatable bonds is 2. The quantitative estimate of drug-likeness (QED) is 0.568. The molecule has 0 aromatic heterocycles. The van der Waals surface area contributed by atoms with E-state index in [1.807, 2.05) is 12.1 Å². The van der Waals surface area contributed by atoms with Gasteiger partial charge in [0.15, 0.2) is 0 Å². The number of ketones is 2. The highest BCUT2D eigenvalue weighted by molar-refractivity contribution is 5.96. The maximum absolute atomic E-state index is 10.0. The number of Topliss-reactive ketones (excluding diaryl/α,β-unsaturated/α-hetero) is 2. The van der Waals surface area contributed by atoms with Crippen molar-refractivity contribution in [2.75, 3.05) is 11.5 Å². The molecule has 0 saturated heterocycles. The molecule has 0 unspecified atom stereocenters. The lowest BCUT2D eigenvalue weighted by Crippen LogP contribution is -1.97. The van der Waals surface area contributed by atoms with Gasteiger partial charge in [0.05, 0.1) is 17.8 Å². The lowest BCUT2D eigenvalue weighted by atomic mass is 10.2. The van der Waals surface area contributed by atoms with Gasteiger partial charge in [0, 0.05) is 0 Å². The molecule has 0 radical (unpaired) electrons. The Bertz CT molecular complexity index is 315. The Labute approximate surface area is 89.3 Å². The van der Waals surface area contributed by atoms with Gasteiger partial charge in [-0.2, -0.15) is 0 Å². The number of anilines is 2. The van der Waals surface area contributed by atoms with E-state index in [1.54, 1.807) is 12.1 Å². The fourth-order valence-corrected chi connectivity index (χ4v) is 0.861. The van der Waals surface area contributed by atoms with Crippen LogP contribution in [-0.4, -0.2) is 11.6 Å². The van der Waals surface area contributed by atoms with Crippen molar-refractivity contribution in [2.24, 2.45) is 0 Å². The summed E-state index contributed by atoms with van der Waals surface area (Å²) in [5.74, 6) is -0.125. The maximum Gasteiger partial charge on any atom is 0.137 e. The van der Waals surface area contributed by atoms with Crippen LogP contribution >= 0.6 is 0 Å². The number of nitrogen functional groups attached to an aromatic ring is 2. The van der Waals surface area contributed by atoms with E-state index < -0.39 is 0 Å². The maximum atomic E-state index is 10.0. The highest BCUT2D eigenvalue weighted by atomic mass is 16.1. The zero-order chi connectivity index (χ0) is 11.8. The van der Waals surface area contributed by atoms with Crippen LogP contribution in [0.25, 0.3) is 0 Å². The highest BCUT2D eigenvalue weighted by Crippen LogP contribution is 2.10. The van der Waals surface area contributed by atoms with Crippen molar-refractivity contribution in [3.8, 4) is 0 Å². The van der Waals surface area contributed by atoms with Crippen LogP contribution in [-0.2, 0) is 9.59 Å². The highest BCUT2D eigenvalue weighted by Gasteiger charge is 1.94. The lowest BCUT2D eigenvalue weighted by molar-refractivity contribution is -0.124. The van der Waals surface area contributed by atoms with E-state index in [-0.39, 0.29) is 18.0 Å². The Kier molecular flexibility index (Phi) is 5.78. The number of benzene rings is 1. The first-order valence-electron chi connectivity index (χ1n) is 4.52. The van der Waals surface area contributed by atoms with E-state index in [0.29, 0.717) is 11.4 Å². The second-order valence-corrected chi connectivity index (χ2v) is 3.21. The Morgan fingerprint density at radius 2 is 1.33 bits per heavy atom. The Balaban J connectivity index is 0.000000265. The van der Waals surface area contributed by atoms with E-state index in [4.69, 9.17) is 11.5 Å². The smallest absolute Gasteiger partial charge is 0.137 e. The second-order valence-electron chi connectivity index (χ2n) is 3.21. The van der Waals surface area contributed by atoms with Crippen molar-refractivity contribution in [3.63, 3.8) is 0 Å². The van der Waals surface area contributed by atoms with Gasteiger partial charge < -0.3 is 11.5 Å². The molecule has 4 N–H and O–H groups in total. The number of hydrogen-bond donors (Lipinski definition) is 2. The second kappa shape index (κ2) is 6.59. The van der Waals surface area contributed by atoms with E-state index in [9.17, 15) is 9.59 Å². The van der Waals surface area contributed by atoms with Crippen LogP contribution < -0.4 is 11.5 Å². The predicted molar refractivity (Wildman–Crippen MR) is 61.2 cm³/mol. The van der Waals surface area contributed by atoms with Crippen molar-refractivity contribution < 1.29 is 9.59 Å². The molecule has 0 spiro atoms. The van der Waals surface area contributed by atoms with Crippen LogP contribution in [0.3, 0.4) is 0 Å². The van der Waals surface area contributed by atoms with Gasteiger partial charge in [-0.05, 0) is 26.0 Å². The standard InChI is InChI=1S/C6H8N2.C5H8O2/c7-5-3-1-2-4-6(5)8;1-4(6)3-5(2)7/h1-4H,7-8H2;3H2,1-2H3. The summed E-state index contributed by atoms with van der Waals surface area (Å²) in [7, 11) is 0. The lowest BCUT2D eigenvalue weighted by Gasteiger charge is -1.94. The summed E-state index contributed by atoms with van der Waals surface area (Å²) in [5, 5.41) is 0. The van der Waals surface area contributed by atoms with E-state index in [2.05, 4.69) is 0 Å². The number of para-hydroxylation sites is 2. The molecule has 4 nitrogen and oxygen atoms in total. The number of hydrogen-bond acceptors (Lipinski definition) is 4. The van der Waals surface area contributed by atoms with Crippen LogP contribution in [0.5, 0.6) is 0 Å². The minimum absolute atomic E-state index is 0.0625. The third-order valence-corrected chi connectivity index (χ3v) is 1.49. The van der Waals surface area contributed by atoms with E-state index in [1.165, 1.54) is 13.8 Å². The van der Waals surface area contributed by atoms with Crippen LogP contribution in [0, 0.1) is 0 Å². The molecule has 4 heteroatoms. The summed E-state index contributed by atoms with van der Waals surface area (Å²) in [4.78, 5) is 20.1. The summed E-state index contributed by atoms with van der Waals surface area (Å²) in [6, 6.07) is 7.25. The van der Waals surface area contributed by atoms with Crippen LogP contribution in [0.2, 0.25) is 0 Å². The molecule has 82 valence electrons. The first kappa shape index (κ1) is 13.2. The molecule has 0 aliphatic carbocycles. The van der Waals surface area contributed by atoms with Gasteiger partial charge in [-0.25, -0.2) is 0 Å². The fourth-order valence-electron chi connectivity index (χ4n) is 0.861. The molecule has 0 aliphatic rings. The number of nitrogens with two attached hydrogens (primary N) is 2. The van der Waals surface area contributed by atoms with Gasteiger partial charge in [-0.3, -0.25) is 9.59 Å². The minimum Gasteiger partial charge on any atom is -0.397 e. The third-order valence-electron chi connectivity index (χ3n) is 1.49. The van der Waals surface area contributed by atoms with Gasteiger partial charge in [-0.1, -0.05) is 12.1 Å². The van der Waals surface area contributed by atoms with Gasteiger partial charge in [-0.15, -0.1) is 0 Å². The molecule has 0 atom stereocenters. The Morgan fingerprint density at radius 3 is 1.47 bits per heavy atom. The zero-order valence-electron chi connectivity index (χ0n) is 8.99. The van der Waals surface area contributed by atoms with Crippen molar-refractivity contribution in [1.82, 2.24) is 0 Å². The molecule has 0 amide bonds. The molecule has 0 heterocycles. The van der Waals surface area contributed by atoms with Crippen molar-refractivity contribution in [2.45, 2.75) is 20.3 Å².